The van der Waals surface area contributed by atoms with E-state index in [-0.39, 0.29) is 11.7 Å². The standard InChI is InChI=1S/C22H25NO5S/c1-15(2)16-5-8-18(9-6-16)23(19-11-12-29(25,26)14-19)22(24)17-7-10-20(27-3)21(13-17)28-4/h5-13,15,19H,14H2,1-4H3/t19-/m0/s1. The van der Waals surface area contributed by atoms with Crippen LogP contribution < -0.4 is 14.4 Å². The molecule has 3 rings (SSSR count). The van der Waals surface area contributed by atoms with Crippen LogP contribution in [0.2, 0.25) is 0 Å². The molecule has 2 aromatic rings. The molecule has 0 fully saturated rings. The zero-order chi connectivity index (χ0) is 21.2. The van der Waals surface area contributed by atoms with Crippen LogP contribution >= 0.6 is 0 Å². The lowest BCUT2D eigenvalue weighted by atomic mass is 10.0. The fraction of sp³-hybridized carbons (Fsp3) is 0.318. The fourth-order valence-electron chi connectivity index (χ4n) is 3.31. The molecule has 1 aliphatic heterocycles. The van der Waals surface area contributed by atoms with Gasteiger partial charge in [-0.3, -0.25) is 4.79 Å². The number of carbonyl (C=O) groups excluding carboxylic acids is 1. The van der Waals surface area contributed by atoms with Gasteiger partial charge in [-0.15, -0.1) is 0 Å². The van der Waals surface area contributed by atoms with E-state index < -0.39 is 15.9 Å². The molecule has 154 valence electrons. The summed E-state index contributed by atoms with van der Waals surface area (Å²) in [5.74, 6) is 0.849. The normalized spacial score (nSPS) is 17.3. The molecule has 0 radical (unpaired) electrons. The maximum absolute atomic E-state index is 13.4. The Kier molecular flexibility index (Phi) is 5.98. The van der Waals surface area contributed by atoms with Crippen molar-refractivity contribution in [3.63, 3.8) is 0 Å². The average Bonchev–Trinajstić information content (AvgIpc) is 3.07. The Morgan fingerprint density at radius 1 is 1.03 bits per heavy atom. The van der Waals surface area contributed by atoms with Crippen LogP contribution in [0.4, 0.5) is 5.69 Å². The summed E-state index contributed by atoms with van der Waals surface area (Å²) in [5, 5.41) is 1.18. The molecule has 2 aromatic carbocycles. The van der Waals surface area contributed by atoms with E-state index >= 15 is 0 Å². The highest BCUT2D eigenvalue weighted by Gasteiger charge is 2.32. The predicted octanol–water partition coefficient (Wildman–Crippen LogP) is 3.78. The Labute approximate surface area is 171 Å². The van der Waals surface area contributed by atoms with Gasteiger partial charge in [0.15, 0.2) is 21.3 Å². The second kappa shape index (κ2) is 8.29. The van der Waals surface area contributed by atoms with Gasteiger partial charge in [0.1, 0.15) is 0 Å². The predicted molar refractivity (Wildman–Crippen MR) is 114 cm³/mol. The Hall–Kier alpha value is -2.80. The first-order chi connectivity index (χ1) is 13.8. The molecule has 0 aromatic heterocycles. The lowest BCUT2D eigenvalue weighted by Crippen LogP contribution is -2.41. The fourth-order valence-corrected chi connectivity index (χ4v) is 4.58. The molecule has 29 heavy (non-hydrogen) atoms. The van der Waals surface area contributed by atoms with E-state index in [9.17, 15) is 13.2 Å². The Morgan fingerprint density at radius 3 is 2.21 bits per heavy atom. The number of benzene rings is 2. The van der Waals surface area contributed by atoms with Crippen LogP contribution in [0.3, 0.4) is 0 Å². The van der Waals surface area contributed by atoms with E-state index in [2.05, 4.69) is 13.8 Å². The van der Waals surface area contributed by atoms with E-state index in [4.69, 9.17) is 9.47 Å². The van der Waals surface area contributed by atoms with Gasteiger partial charge in [0.2, 0.25) is 0 Å². The van der Waals surface area contributed by atoms with Crippen LogP contribution in [0, 0.1) is 0 Å². The van der Waals surface area contributed by atoms with Crippen molar-refractivity contribution in [2.45, 2.75) is 25.8 Å². The molecule has 6 nitrogen and oxygen atoms in total. The second-order valence-corrected chi connectivity index (χ2v) is 9.15. The quantitative estimate of drug-likeness (QED) is 0.718. The molecule has 1 amide bonds. The first kappa shape index (κ1) is 20.9. The molecule has 1 aliphatic rings. The van der Waals surface area contributed by atoms with Gasteiger partial charge in [0, 0.05) is 16.7 Å². The van der Waals surface area contributed by atoms with Crippen molar-refractivity contribution in [2.75, 3.05) is 24.9 Å². The zero-order valence-corrected chi connectivity index (χ0v) is 17.8. The van der Waals surface area contributed by atoms with Crippen molar-refractivity contribution in [3.8, 4) is 11.5 Å². The van der Waals surface area contributed by atoms with Gasteiger partial charge in [-0.1, -0.05) is 26.0 Å². The topological polar surface area (TPSA) is 72.9 Å². The minimum Gasteiger partial charge on any atom is -0.493 e. The average molecular weight is 416 g/mol. The van der Waals surface area contributed by atoms with Gasteiger partial charge >= 0.3 is 0 Å². The molecule has 0 saturated heterocycles. The van der Waals surface area contributed by atoms with E-state index in [0.29, 0.717) is 28.7 Å². The van der Waals surface area contributed by atoms with Crippen LogP contribution in [-0.2, 0) is 9.84 Å². The molecule has 0 bridgehead atoms. The number of rotatable bonds is 6. The van der Waals surface area contributed by atoms with Crippen LogP contribution in [0.25, 0.3) is 0 Å². The maximum atomic E-state index is 13.4. The molecule has 0 aliphatic carbocycles. The molecular formula is C22H25NO5S. The third-order valence-corrected chi connectivity index (χ3v) is 6.31. The molecule has 1 atom stereocenters. The lowest BCUT2D eigenvalue weighted by molar-refractivity contribution is 0.0982. The minimum absolute atomic E-state index is 0.141. The summed E-state index contributed by atoms with van der Waals surface area (Å²) in [5.41, 5.74) is 2.16. The zero-order valence-electron chi connectivity index (χ0n) is 17.0. The molecule has 0 unspecified atom stereocenters. The summed E-state index contributed by atoms with van der Waals surface area (Å²) in [6.45, 7) is 4.18. The van der Waals surface area contributed by atoms with Gasteiger partial charge in [-0.2, -0.15) is 0 Å². The Balaban J connectivity index is 2.03. The number of methoxy groups -OCH3 is 2. The first-order valence-corrected chi connectivity index (χ1v) is 11.0. The van der Waals surface area contributed by atoms with Crippen molar-refractivity contribution in [1.29, 1.82) is 0 Å². The third-order valence-electron chi connectivity index (χ3n) is 4.93. The second-order valence-electron chi connectivity index (χ2n) is 7.22. The third kappa shape index (κ3) is 4.45. The minimum atomic E-state index is -3.33. The number of ether oxygens (including phenoxy) is 2. The van der Waals surface area contributed by atoms with Crippen LogP contribution in [0.5, 0.6) is 11.5 Å². The summed E-state index contributed by atoms with van der Waals surface area (Å²) in [7, 11) is -0.304. The summed E-state index contributed by atoms with van der Waals surface area (Å²) < 4.78 is 34.5. The molecule has 1 heterocycles. The summed E-state index contributed by atoms with van der Waals surface area (Å²) >= 11 is 0. The van der Waals surface area contributed by atoms with E-state index in [1.54, 1.807) is 24.3 Å². The maximum Gasteiger partial charge on any atom is 0.258 e. The van der Waals surface area contributed by atoms with Gasteiger partial charge < -0.3 is 14.4 Å². The molecule has 0 N–H and O–H groups in total. The molecule has 0 spiro atoms. The summed E-state index contributed by atoms with van der Waals surface area (Å²) in [6.07, 6.45) is 1.56. The lowest BCUT2D eigenvalue weighted by Gasteiger charge is -2.28. The van der Waals surface area contributed by atoms with Crippen molar-refractivity contribution in [3.05, 3.63) is 65.1 Å². The van der Waals surface area contributed by atoms with Crippen LogP contribution in [-0.4, -0.2) is 40.3 Å². The number of carbonyl (C=O) groups is 1. The molecule has 7 heteroatoms. The summed E-state index contributed by atoms with van der Waals surface area (Å²) in [6, 6.07) is 12.0. The van der Waals surface area contributed by atoms with Gasteiger partial charge in [0.05, 0.1) is 26.0 Å². The SMILES string of the molecule is COc1ccc(C(=O)N(c2ccc(C(C)C)cc2)[C@H]2C=CS(=O)(=O)C2)cc1OC. The highest BCUT2D eigenvalue weighted by Crippen LogP contribution is 2.31. The summed E-state index contributed by atoms with van der Waals surface area (Å²) in [4.78, 5) is 15.0. The number of sulfone groups is 1. The van der Waals surface area contributed by atoms with Crippen molar-refractivity contribution in [2.24, 2.45) is 0 Å². The van der Waals surface area contributed by atoms with Gasteiger partial charge in [-0.05, 0) is 47.9 Å². The molecule has 0 saturated carbocycles. The van der Waals surface area contributed by atoms with Gasteiger partial charge in [-0.25, -0.2) is 8.42 Å². The number of anilines is 1. The number of nitrogens with zero attached hydrogens (tertiary/aromatic N) is 1. The van der Waals surface area contributed by atoms with Crippen molar-refractivity contribution in [1.82, 2.24) is 0 Å². The van der Waals surface area contributed by atoms with Crippen LogP contribution in [0.1, 0.15) is 35.7 Å². The number of hydrogen-bond acceptors (Lipinski definition) is 5. The number of amides is 1. The monoisotopic (exact) mass is 415 g/mol. The molecular weight excluding hydrogens is 390 g/mol. The van der Waals surface area contributed by atoms with Crippen molar-refractivity contribution >= 4 is 21.4 Å². The largest absolute Gasteiger partial charge is 0.493 e. The highest BCUT2D eigenvalue weighted by molar-refractivity contribution is 7.94. The Bertz CT molecular complexity index is 1030. The van der Waals surface area contributed by atoms with E-state index in [0.717, 1.165) is 5.56 Å². The van der Waals surface area contributed by atoms with Crippen LogP contribution in [0.15, 0.2) is 53.9 Å². The van der Waals surface area contributed by atoms with E-state index in [1.165, 1.54) is 24.5 Å². The van der Waals surface area contributed by atoms with E-state index in [1.807, 2.05) is 24.3 Å². The number of hydrogen-bond donors (Lipinski definition) is 0. The van der Waals surface area contributed by atoms with Crippen molar-refractivity contribution < 1.29 is 22.7 Å². The smallest absolute Gasteiger partial charge is 0.258 e. The first-order valence-electron chi connectivity index (χ1n) is 9.32. The van der Waals surface area contributed by atoms with Gasteiger partial charge in [0.25, 0.3) is 5.91 Å². The Morgan fingerprint density at radius 2 is 1.69 bits per heavy atom. The highest BCUT2D eigenvalue weighted by atomic mass is 32.2.